The Morgan fingerprint density at radius 2 is 0.613 bits per heavy atom. The molecule has 4 heteroatoms. The summed E-state index contributed by atoms with van der Waals surface area (Å²) in [6.45, 7) is 5.79. The van der Waals surface area contributed by atoms with Crippen LogP contribution in [-0.4, -0.2) is 25.8 Å². The molecule has 4 nitrogen and oxygen atoms in total. The summed E-state index contributed by atoms with van der Waals surface area (Å²) in [4.78, 5) is 22.5. The molecule has 0 unspecified atom stereocenters. The molecule has 0 aromatic heterocycles. The lowest BCUT2D eigenvalue weighted by Gasteiger charge is -2.14. The molecule has 0 saturated heterocycles. The van der Waals surface area contributed by atoms with E-state index in [0.717, 1.165) is 60.5 Å². The van der Waals surface area contributed by atoms with Crippen LogP contribution in [0.25, 0.3) is 0 Å². The second-order valence-corrected chi connectivity index (χ2v) is 17.4. The minimum atomic E-state index is 0.611. The van der Waals surface area contributed by atoms with E-state index >= 15 is 0 Å². The summed E-state index contributed by atoms with van der Waals surface area (Å²) in [6, 6.07) is 18.6. The Morgan fingerprint density at radius 3 is 0.871 bits per heavy atom. The maximum atomic E-state index is 11.2. The average Bonchev–Trinajstić information content (AvgIpc) is 3.30. The van der Waals surface area contributed by atoms with Crippen LogP contribution in [-0.2, 0) is 0 Å². The van der Waals surface area contributed by atoms with E-state index in [1.807, 2.05) is 36.4 Å². The molecule has 0 N–H and O–H groups in total. The highest BCUT2D eigenvalue weighted by molar-refractivity contribution is 5.75. The summed E-state index contributed by atoms with van der Waals surface area (Å²) in [5.74, 6) is 14.7. The topological polar surface area (TPSA) is 52.6 Å². The molecule has 0 spiro atoms. The van der Waals surface area contributed by atoms with Crippen LogP contribution in [0.4, 0.5) is 0 Å². The molecule has 0 aliphatic rings. The number of rotatable bonds is 36. The Kier molecular flexibility index (Phi) is 30.4. The maximum Gasteiger partial charge on any atom is 0.150 e. The first-order valence-corrected chi connectivity index (χ1v) is 25.2. The van der Waals surface area contributed by atoms with Gasteiger partial charge in [0.25, 0.3) is 0 Å². The van der Waals surface area contributed by atoms with Gasteiger partial charge in [0.15, 0.2) is 0 Å². The van der Waals surface area contributed by atoms with Crippen LogP contribution < -0.4 is 9.47 Å². The zero-order valence-corrected chi connectivity index (χ0v) is 39.2. The number of unbranched alkanes of at least 4 members (excludes halogenated alkanes) is 28. The van der Waals surface area contributed by atoms with Gasteiger partial charge in [-0.3, -0.25) is 9.59 Å². The maximum absolute atomic E-state index is 11.2. The number of aldehydes is 2. The van der Waals surface area contributed by atoms with Gasteiger partial charge in [0.2, 0.25) is 0 Å². The van der Waals surface area contributed by atoms with Crippen molar-refractivity contribution < 1.29 is 19.1 Å². The lowest BCUT2D eigenvalue weighted by atomic mass is 10.0. The zero-order chi connectivity index (χ0) is 44.0. The van der Waals surface area contributed by atoms with E-state index in [-0.39, 0.29) is 0 Å². The molecule has 338 valence electrons. The van der Waals surface area contributed by atoms with Gasteiger partial charge in [-0.1, -0.05) is 242 Å². The molecule has 0 heterocycles. The Labute approximate surface area is 379 Å². The molecule has 0 amide bonds. The minimum Gasteiger partial charge on any atom is -0.492 e. The number of benzene rings is 3. The van der Waals surface area contributed by atoms with Crippen molar-refractivity contribution in [1.82, 2.24) is 0 Å². The van der Waals surface area contributed by atoms with Crippen molar-refractivity contribution in [3.8, 4) is 35.2 Å². The molecule has 0 aliphatic carbocycles. The van der Waals surface area contributed by atoms with Crippen LogP contribution >= 0.6 is 0 Å². The minimum absolute atomic E-state index is 0.611. The largest absolute Gasteiger partial charge is 0.492 e. The number of hydrogen-bond donors (Lipinski definition) is 0. The fourth-order valence-electron chi connectivity index (χ4n) is 7.87. The summed E-state index contributed by atoms with van der Waals surface area (Å²) < 4.78 is 13.0. The molecule has 0 bridgehead atoms. The Hall–Kier alpha value is -4.28. The number of carbonyl (C=O) groups excluding carboxylic acids is 2. The summed E-state index contributed by atoms with van der Waals surface area (Å²) in [6.07, 6.45) is 41.4. The summed E-state index contributed by atoms with van der Waals surface area (Å²) in [5.41, 5.74) is 4.43. The van der Waals surface area contributed by atoms with Crippen LogP contribution in [0.5, 0.6) is 11.5 Å². The lowest BCUT2D eigenvalue weighted by molar-refractivity contribution is 0.111. The highest BCUT2D eigenvalue weighted by atomic mass is 16.5. The predicted molar refractivity (Wildman–Crippen MR) is 263 cm³/mol. The van der Waals surface area contributed by atoms with E-state index in [1.165, 1.54) is 167 Å². The third kappa shape index (κ3) is 25.0. The predicted octanol–water partition coefficient (Wildman–Crippen LogP) is 16.6. The van der Waals surface area contributed by atoms with Crippen LogP contribution in [0.3, 0.4) is 0 Å². The van der Waals surface area contributed by atoms with Gasteiger partial charge >= 0.3 is 0 Å². The molecule has 0 saturated carbocycles. The van der Waals surface area contributed by atoms with E-state index in [0.29, 0.717) is 35.8 Å². The molecule has 62 heavy (non-hydrogen) atoms. The quantitative estimate of drug-likeness (QED) is 0.0332. The fraction of sp³-hybridized carbons (Fsp3) is 0.586. The smallest absolute Gasteiger partial charge is 0.150 e. The zero-order valence-electron chi connectivity index (χ0n) is 39.2. The summed E-state index contributed by atoms with van der Waals surface area (Å²) >= 11 is 0. The van der Waals surface area contributed by atoms with Crippen LogP contribution in [0.2, 0.25) is 0 Å². The van der Waals surface area contributed by atoms with Crippen molar-refractivity contribution in [1.29, 1.82) is 0 Å². The molecule has 0 fully saturated rings. The molecule has 3 rings (SSSR count). The van der Waals surface area contributed by atoms with Gasteiger partial charge in [-0.25, -0.2) is 0 Å². The highest BCUT2D eigenvalue weighted by Gasteiger charge is 2.12. The van der Waals surface area contributed by atoms with Crippen molar-refractivity contribution >= 4 is 12.6 Å². The Bertz CT molecular complexity index is 1590. The molecule has 0 atom stereocenters. The van der Waals surface area contributed by atoms with Gasteiger partial charge in [-0.2, -0.15) is 0 Å². The Balaban J connectivity index is 1.56. The molecule has 3 aromatic carbocycles. The van der Waals surface area contributed by atoms with Crippen molar-refractivity contribution in [3.63, 3.8) is 0 Å². The molecular weight excluding hydrogens is 761 g/mol. The van der Waals surface area contributed by atoms with Crippen molar-refractivity contribution in [2.45, 2.75) is 206 Å². The van der Waals surface area contributed by atoms with Gasteiger partial charge in [0.1, 0.15) is 24.1 Å². The van der Waals surface area contributed by atoms with E-state index < -0.39 is 0 Å². The van der Waals surface area contributed by atoms with E-state index in [1.54, 1.807) is 24.3 Å². The number of ether oxygens (including phenoxy) is 2. The van der Waals surface area contributed by atoms with Gasteiger partial charge in [0.05, 0.1) is 24.3 Å². The lowest BCUT2D eigenvalue weighted by Crippen LogP contribution is -2.03. The van der Waals surface area contributed by atoms with Gasteiger partial charge in [-0.05, 0) is 37.1 Å². The summed E-state index contributed by atoms with van der Waals surface area (Å²) in [5, 5.41) is 0. The molecule has 0 aliphatic heterocycles. The third-order valence-electron chi connectivity index (χ3n) is 11.9. The van der Waals surface area contributed by atoms with Gasteiger partial charge < -0.3 is 9.47 Å². The first-order chi connectivity index (χ1) is 30.7. The molecular formula is C58H82O4. The third-order valence-corrected chi connectivity index (χ3v) is 11.9. The first kappa shape index (κ1) is 52.1. The normalized spacial score (nSPS) is 10.7. The number of carbonyl (C=O) groups is 2. The van der Waals surface area contributed by atoms with Gasteiger partial charge in [0, 0.05) is 34.4 Å². The molecule has 3 aromatic rings. The average molecular weight is 843 g/mol. The van der Waals surface area contributed by atoms with Crippen molar-refractivity contribution in [3.05, 3.63) is 94.0 Å². The fourth-order valence-corrected chi connectivity index (χ4v) is 7.87. The highest BCUT2D eigenvalue weighted by Crippen LogP contribution is 2.30. The van der Waals surface area contributed by atoms with Crippen LogP contribution in [0.1, 0.15) is 249 Å². The SMILES string of the molecule is CCCCCCCCCCCCCCCCCOc1cc(C#Cc2ccc(C=O)cc2)c(OCCCCCCCCCCCCCCCCC)cc1C#Cc1ccc(C=O)cc1. The summed E-state index contributed by atoms with van der Waals surface area (Å²) in [7, 11) is 0. The van der Waals surface area contributed by atoms with Crippen molar-refractivity contribution in [2.75, 3.05) is 13.2 Å². The Morgan fingerprint density at radius 1 is 0.355 bits per heavy atom. The number of hydrogen-bond acceptors (Lipinski definition) is 4. The van der Waals surface area contributed by atoms with E-state index in [9.17, 15) is 9.59 Å². The van der Waals surface area contributed by atoms with E-state index in [4.69, 9.17) is 9.47 Å². The standard InChI is InChI=1S/C58H82O4/c1-3-5-7-9-11-13-15-17-19-21-23-25-27-29-31-45-61-57-47-56(44-42-52-35-39-54(50-60)40-36-52)58(48-55(57)43-41-51-33-37-53(49-59)38-34-51)62-46-32-30-28-26-24-22-20-18-16-14-12-10-8-6-4-2/h33-40,47-50H,3-32,45-46H2,1-2H3. The van der Waals surface area contributed by atoms with Crippen molar-refractivity contribution in [2.24, 2.45) is 0 Å². The van der Waals surface area contributed by atoms with Crippen LogP contribution in [0, 0.1) is 23.7 Å². The second kappa shape index (κ2) is 36.2. The van der Waals surface area contributed by atoms with Gasteiger partial charge in [-0.15, -0.1) is 0 Å². The molecule has 0 radical (unpaired) electrons. The monoisotopic (exact) mass is 843 g/mol. The van der Waals surface area contributed by atoms with E-state index in [2.05, 4.69) is 37.5 Å². The second-order valence-electron chi connectivity index (χ2n) is 17.4. The first-order valence-electron chi connectivity index (χ1n) is 25.2. The van der Waals surface area contributed by atoms with Crippen LogP contribution in [0.15, 0.2) is 60.7 Å².